The second-order valence-corrected chi connectivity index (χ2v) is 3.23. The lowest BCUT2D eigenvalue weighted by Gasteiger charge is -2.06. The van der Waals surface area contributed by atoms with Crippen LogP contribution < -0.4 is 4.74 Å². The Hall–Kier alpha value is -1.31. The molecular weight excluding hydrogens is 278 g/mol. The first-order valence-electron chi connectivity index (χ1n) is 3.64. The van der Waals surface area contributed by atoms with Crippen molar-refractivity contribution in [3.63, 3.8) is 0 Å². The minimum absolute atomic E-state index is 0.0240. The van der Waals surface area contributed by atoms with Gasteiger partial charge in [0.1, 0.15) is 5.56 Å². The van der Waals surface area contributed by atoms with E-state index in [1.165, 1.54) is 7.11 Å². The molecule has 0 unspecified atom stereocenters. The fourth-order valence-corrected chi connectivity index (χ4v) is 1.57. The summed E-state index contributed by atoms with van der Waals surface area (Å²) in [6.07, 6.45) is -1.99. The van der Waals surface area contributed by atoms with Crippen molar-refractivity contribution in [2.75, 3.05) is 7.11 Å². The minimum atomic E-state index is -3.00. The number of aromatic nitrogens is 1. The summed E-state index contributed by atoms with van der Waals surface area (Å²) in [5.41, 5.74) is -0.778. The van der Waals surface area contributed by atoms with Gasteiger partial charge in [-0.15, -0.1) is 0 Å². The molecule has 0 aromatic carbocycles. The van der Waals surface area contributed by atoms with Crippen LogP contribution in [0.15, 0.2) is 10.7 Å². The Bertz CT molecular complexity index is 400. The summed E-state index contributed by atoms with van der Waals surface area (Å²) < 4.78 is 29.6. The van der Waals surface area contributed by atoms with Gasteiger partial charge in [0, 0.05) is 0 Å². The van der Waals surface area contributed by atoms with Crippen molar-refractivity contribution >= 4 is 21.7 Å². The lowest BCUT2D eigenvalue weighted by molar-refractivity contribution is -0.391. The second-order valence-electron chi connectivity index (χ2n) is 2.44. The summed E-state index contributed by atoms with van der Waals surface area (Å²) in [6.45, 7) is 0. The highest BCUT2D eigenvalue weighted by Gasteiger charge is 2.28. The summed E-state index contributed by atoms with van der Waals surface area (Å²) in [5.74, 6) is -0.853. The number of nitrogens with zero attached hydrogens (tertiary/aromatic N) is 2. The molecule has 0 N–H and O–H groups in total. The SMILES string of the molecule is COc1cnc([N+](=O)[O-])c(C(F)F)c1Br. The lowest BCUT2D eigenvalue weighted by Crippen LogP contribution is -2.01. The second kappa shape index (κ2) is 4.47. The summed E-state index contributed by atoms with van der Waals surface area (Å²) >= 11 is 2.81. The Balaban J connectivity index is 3.44. The molecule has 1 heterocycles. The third-order valence-corrected chi connectivity index (χ3v) is 2.43. The molecule has 82 valence electrons. The Morgan fingerprint density at radius 3 is 2.67 bits per heavy atom. The number of ether oxygens (including phenoxy) is 1. The van der Waals surface area contributed by atoms with E-state index in [0.29, 0.717) is 0 Å². The predicted octanol–water partition coefficient (Wildman–Crippen LogP) is 2.70. The zero-order chi connectivity index (χ0) is 11.6. The molecule has 0 fully saturated rings. The predicted molar refractivity (Wildman–Crippen MR) is 50.1 cm³/mol. The van der Waals surface area contributed by atoms with Crippen molar-refractivity contribution in [1.29, 1.82) is 0 Å². The molecular formula is C7H5BrF2N2O3. The van der Waals surface area contributed by atoms with Crippen LogP contribution in [0.25, 0.3) is 0 Å². The van der Waals surface area contributed by atoms with E-state index in [9.17, 15) is 18.9 Å². The monoisotopic (exact) mass is 282 g/mol. The van der Waals surface area contributed by atoms with E-state index in [2.05, 4.69) is 20.9 Å². The van der Waals surface area contributed by atoms with E-state index in [1.54, 1.807) is 0 Å². The number of rotatable bonds is 3. The summed E-state index contributed by atoms with van der Waals surface area (Å²) in [5, 5.41) is 10.4. The van der Waals surface area contributed by atoms with Gasteiger partial charge in [0.2, 0.25) is 0 Å². The van der Waals surface area contributed by atoms with Gasteiger partial charge in [-0.05, 0) is 25.8 Å². The van der Waals surface area contributed by atoms with E-state index < -0.39 is 22.7 Å². The number of hydrogen-bond donors (Lipinski definition) is 0. The van der Waals surface area contributed by atoms with Crippen molar-refractivity contribution in [3.05, 3.63) is 26.3 Å². The number of halogens is 3. The van der Waals surface area contributed by atoms with Crippen LogP contribution in [-0.2, 0) is 0 Å². The molecule has 5 nitrogen and oxygen atoms in total. The van der Waals surface area contributed by atoms with E-state index in [1.807, 2.05) is 0 Å². The van der Waals surface area contributed by atoms with Gasteiger partial charge in [0.15, 0.2) is 11.9 Å². The molecule has 0 saturated carbocycles. The average molecular weight is 283 g/mol. The third kappa shape index (κ3) is 2.20. The van der Waals surface area contributed by atoms with Gasteiger partial charge in [0.05, 0.1) is 11.6 Å². The zero-order valence-electron chi connectivity index (χ0n) is 7.41. The highest BCUT2D eigenvalue weighted by Crippen LogP contribution is 2.38. The fraction of sp³-hybridized carbons (Fsp3) is 0.286. The first-order valence-corrected chi connectivity index (χ1v) is 4.43. The van der Waals surface area contributed by atoms with E-state index in [0.717, 1.165) is 6.20 Å². The maximum Gasteiger partial charge on any atom is 0.373 e. The van der Waals surface area contributed by atoms with E-state index in [-0.39, 0.29) is 10.2 Å². The molecule has 1 rings (SSSR count). The van der Waals surface area contributed by atoms with Crippen molar-refractivity contribution in [2.45, 2.75) is 6.43 Å². The third-order valence-electron chi connectivity index (χ3n) is 1.61. The standard InChI is InChI=1S/C7H5BrF2N2O3/c1-15-3-2-11-7(12(13)14)4(5(3)8)6(9)10/h2,6H,1H3. The number of hydrogen-bond acceptors (Lipinski definition) is 4. The summed E-state index contributed by atoms with van der Waals surface area (Å²) in [4.78, 5) is 12.8. The zero-order valence-corrected chi connectivity index (χ0v) is 8.99. The molecule has 0 aliphatic carbocycles. The topological polar surface area (TPSA) is 65.3 Å². The van der Waals surface area contributed by atoms with Crippen LogP contribution in [-0.4, -0.2) is 17.0 Å². The largest absolute Gasteiger partial charge is 0.492 e. The summed E-state index contributed by atoms with van der Waals surface area (Å²) in [6, 6.07) is 0. The van der Waals surface area contributed by atoms with Crippen LogP contribution in [0, 0.1) is 10.1 Å². The quantitative estimate of drug-likeness (QED) is 0.632. The van der Waals surface area contributed by atoms with Gasteiger partial charge in [-0.1, -0.05) is 0 Å². The van der Waals surface area contributed by atoms with Gasteiger partial charge < -0.3 is 14.9 Å². The maximum absolute atomic E-state index is 12.5. The Morgan fingerprint density at radius 2 is 2.27 bits per heavy atom. The smallest absolute Gasteiger partial charge is 0.373 e. The molecule has 0 amide bonds. The van der Waals surface area contributed by atoms with Crippen LogP contribution in [0.3, 0.4) is 0 Å². The molecule has 0 aliphatic rings. The molecule has 8 heteroatoms. The number of methoxy groups -OCH3 is 1. The molecule has 0 radical (unpaired) electrons. The first kappa shape index (κ1) is 11.8. The highest BCUT2D eigenvalue weighted by atomic mass is 79.9. The van der Waals surface area contributed by atoms with Crippen molar-refractivity contribution in [3.8, 4) is 5.75 Å². The molecule has 0 spiro atoms. The number of nitro groups is 1. The van der Waals surface area contributed by atoms with Crippen LogP contribution in [0.5, 0.6) is 5.75 Å². The number of pyridine rings is 1. The Labute approximate surface area is 91.3 Å². The first-order chi connectivity index (χ1) is 6.99. The molecule has 0 saturated heterocycles. The van der Waals surface area contributed by atoms with Gasteiger partial charge in [-0.2, -0.15) is 0 Å². The van der Waals surface area contributed by atoms with Gasteiger partial charge in [0.25, 0.3) is 6.43 Å². The summed E-state index contributed by atoms with van der Waals surface area (Å²) in [7, 11) is 1.25. The van der Waals surface area contributed by atoms with Gasteiger partial charge >= 0.3 is 5.82 Å². The van der Waals surface area contributed by atoms with Crippen LogP contribution in [0.4, 0.5) is 14.6 Å². The fourth-order valence-electron chi connectivity index (χ4n) is 0.958. The number of alkyl halides is 2. The highest BCUT2D eigenvalue weighted by molar-refractivity contribution is 9.10. The van der Waals surface area contributed by atoms with Gasteiger partial charge in [-0.25, -0.2) is 8.78 Å². The van der Waals surface area contributed by atoms with Crippen molar-refractivity contribution in [1.82, 2.24) is 4.98 Å². The Morgan fingerprint density at radius 1 is 1.67 bits per heavy atom. The Kier molecular flexibility index (Phi) is 3.51. The molecule has 0 aliphatic heterocycles. The average Bonchev–Trinajstić information content (AvgIpc) is 2.16. The van der Waals surface area contributed by atoms with E-state index >= 15 is 0 Å². The molecule has 15 heavy (non-hydrogen) atoms. The van der Waals surface area contributed by atoms with Crippen LogP contribution in [0.1, 0.15) is 12.0 Å². The van der Waals surface area contributed by atoms with Crippen molar-refractivity contribution in [2.24, 2.45) is 0 Å². The van der Waals surface area contributed by atoms with Gasteiger partial charge in [-0.3, -0.25) is 0 Å². The molecule has 0 atom stereocenters. The normalized spacial score (nSPS) is 10.5. The molecule has 1 aromatic heterocycles. The van der Waals surface area contributed by atoms with Crippen LogP contribution in [0.2, 0.25) is 0 Å². The maximum atomic E-state index is 12.5. The molecule has 1 aromatic rings. The lowest BCUT2D eigenvalue weighted by atomic mass is 10.2. The minimum Gasteiger partial charge on any atom is -0.492 e. The van der Waals surface area contributed by atoms with Crippen molar-refractivity contribution < 1.29 is 18.4 Å². The van der Waals surface area contributed by atoms with E-state index in [4.69, 9.17) is 4.74 Å². The van der Waals surface area contributed by atoms with Crippen LogP contribution >= 0.6 is 15.9 Å². The molecule has 0 bridgehead atoms.